The van der Waals surface area contributed by atoms with Gasteiger partial charge in [-0.25, -0.2) is 0 Å². The zero-order valence-electron chi connectivity index (χ0n) is 13.2. The summed E-state index contributed by atoms with van der Waals surface area (Å²) in [6, 6.07) is -0.102. The summed E-state index contributed by atoms with van der Waals surface area (Å²) in [7, 11) is 0. The Balaban J connectivity index is 1.80. The van der Waals surface area contributed by atoms with Crippen LogP contribution in [0, 0.1) is 11.8 Å². The largest absolute Gasteiger partial charge is 0.459 e. The molecule has 116 valence electrons. The lowest BCUT2D eigenvalue weighted by atomic mass is 9.81. The molecule has 2 N–H and O–H groups in total. The fourth-order valence-corrected chi connectivity index (χ4v) is 3.35. The van der Waals surface area contributed by atoms with Crippen LogP contribution in [0.25, 0.3) is 0 Å². The number of hydrogen-bond donors (Lipinski definition) is 2. The van der Waals surface area contributed by atoms with Crippen molar-refractivity contribution in [3.63, 3.8) is 0 Å². The Morgan fingerprint density at radius 1 is 1.10 bits per heavy atom. The number of rotatable bonds is 3. The first-order valence-corrected chi connectivity index (χ1v) is 8.11. The van der Waals surface area contributed by atoms with E-state index >= 15 is 0 Å². The monoisotopic (exact) mass is 282 g/mol. The van der Waals surface area contributed by atoms with E-state index in [1.165, 1.54) is 25.7 Å². The van der Waals surface area contributed by atoms with E-state index < -0.39 is 0 Å². The molecule has 2 rings (SSSR count). The average molecular weight is 282 g/mol. The Morgan fingerprint density at radius 2 is 1.75 bits per heavy atom. The number of ether oxygens (including phenoxy) is 1. The lowest BCUT2D eigenvalue weighted by molar-refractivity contribution is -0.158. The standard InChI is InChI=1S/C16H30N2O2/c1-16(2,3)20-15(19)14-11-13(6-9-18-14)10-12-4-7-17-8-5-12/h12-14,17-18H,4-11H2,1-3H3. The zero-order valence-corrected chi connectivity index (χ0v) is 13.2. The minimum absolute atomic E-state index is 0.0764. The van der Waals surface area contributed by atoms with Crippen LogP contribution in [0.4, 0.5) is 0 Å². The van der Waals surface area contributed by atoms with Crippen molar-refractivity contribution in [2.45, 2.75) is 64.5 Å². The molecule has 0 amide bonds. The first-order chi connectivity index (χ1) is 9.44. The van der Waals surface area contributed by atoms with Crippen LogP contribution in [0.2, 0.25) is 0 Å². The van der Waals surface area contributed by atoms with Gasteiger partial charge in [0, 0.05) is 0 Å². The van der Waals surface area contributed by atoms with Gasteiger partial charge in [0.1, 0.15) is 11.6 Å². The van der Waals surface area contributed by atoms with Gasteiger partial charge in [-0.1, -0.05) is 0 Å². The molecule has 2 unspecified atom stereocenters. The third-order valence-corrected chi connectivity index (χ3v) is 4.33. The van der Waals surface area contributed by atoms with Gasteiger partial charge in [0.15, 0.2) is 0 Å². The highest BCUT2D eigenvalue weighted by atomic mass is 16.6. The molecule has 0 spiro atoms. The maximum absolute atomic E-state index is 12.2. The van der Waals surface area contributed by atoms with Gasteiger partial charge in [-0.3, -0.25) is 4.79 Å². The van der Waals surface area contributed by atoms with Crippen LogP contribution in [0.5, 0.6) is 0 Å². The van der Waals surface area contributed by atoms with Gasteiger partial charge in [0.2, 0.25) is 0 Å². The summed E-state index contributed by atoms with van der Waals surface area (Å²) in [4.78, 5) is 12.2. The van der Waals surface area contributed by atoms with Crippen LogP contribution in [-0.4, -0.2) is 37.2 Å². The summed E-state index contributed by atoms with van der Waals surface area (Å²) in [5.74, 6) is 1.45. The Bertz CT molecular complexity index is 319. The quantitative estimate of drug-likeness (QED) is 0.778. The van der Waals surface area contributed by atoms with Crippen molar-refractivity contribution in [1.82, 2.24) is 10.6 Å². The average Bonchev–Trinajstić information content (AvgIpc) is 2.38. The van der Waals surface area contributed by atoms with Crippen molar-refractivity contribution in [3.05, 3.63) is 0 Å². The summed E-state index contributed by atoms with van der Waals surface area (Å²) in [6.45, 7) is 9.05. The van der Waals surface area contributed by atoms with E-state index in [0.717, 1.165) is 32.0 Å². The van der Waals surface area contributed by atoms with E-state index in [0.29, 0.717) is 5.92 Å². The van der Waals surface area contributed by atoms with Crippen molar-refractivity contribution < 1.29 is 9.53 Å². The second-order valence-electron chi connectivity index (χ2n) is 7.36. The highest BCUT2D eigenvalue weighted by Crippen LogP contribution is 2.28. The first-order valence-electron chi connectivity index (χ1n) is 8.11. The van der Waals surface area contributed by atoms with Crippen LogP contribution in [0.15, 0.2) is 0 Å². The maximum atomic E-state index is 12.2. The van der Waals surface area contributed by atoms with Gasteiger partial charge < -0.3 is 15.4 Å². The Labute approximate surface area is 123 Å². The molecule has 2 aliphatic heterocycles. The molecular formula is C16H30N2O2. The summed E-state index contributed by atoms with van der Waals surface area (Å²) >= 11 is 0. The molecule has 0 bridgehead atoms. The summed E-state index contributed by atoms with van der Waals surface area (Å²) < 4.78 is 5.50. The zero-order chi connectivity index (χ0) is 14.6. The SMILES string of the molecule is CC(C)(C)OC(=O)C1CC(CC2CCNCC2)CCN1. The Morgan fingerprint density at radius 3 is 2.40 bits per heavy atom. The maximum Gasteiger partial charge on any atom is 0.323 e. The van der Waals surface area contributed by atoms with Crippen LogP contribution in [0.1, 0.15) is 52.9 Å². The third-order valence-electron chi connectivity index (χ3n) is 4.33. The second-order valence-corrected chi connectivity index (χ2v) is 7.36. The molecular weight excluding hydrogens is 252 g/mol. The van der Waals surface area contributed by atoms with Crippen molar-refractivity contribution >= 4 is 5.97 Å². The van der Waals surface area contributed by atoms with Crippen LogP contribution >= 0.6 is 0 Å². The normalized spacial score (nSPS) is 29.1. The van der Waals surface area contributed by atoms with Gasteiger partial charge in [0.25, 0.3) is 0 Å². The van der Waals surface area contributed by atoms with Gasteiger partial charge in [-0.2, -0.15) is 0 Å². The molecule has 0 radical (unpaired) electrons. The molecule has 20 heavy (non-hydrogen) atoms. The summed E-state index contributed by atoms with van der Waals surface area (Å²) in [5, 5.41) is 6.74. The highest BCUT2D eigenvalue weighted by Gasteiger charge is 2.31. The van der Waals surface area contributed by atoms with Gasteiger partial charge in [-0.05, 0) is 84.3 Å². The van der Waals surface area contributed by atoms with Crippen LogP contribution in [0.3, 0.4) is 0 Å². The van der Waals surface area contributed by atoms with E-state index in [9.17, 15) is 4.79 Å². The van der Waals surface area contributed by atoms with Crippen molar-refractivity contribution in [2.24, 2.45) is 11.8 Å². The molecule has 2 fully saturated rings. The third kappa shape index (κ3) is 5.06. The van der Waals surface area contributed by atoms with E-state index in [1.807, 2.05) is 20.8 Å². The topological polar surface area (TPSA) is 50.4 Å². The molecule has 4 heteroatoms. The molecule has 0 aromatic rings. The molecule has 0 saturated carbocycles. The number of nitrogens with one attached hydrogen (secondary N) is 2. The van der Waals surface area contributed by atoms with E-state index in [4.69, 9.17) is 4.74 Å². The van der Waals surface area contributed by atoms with Crippen molar-refractivity contribution in [3.8, 4) is 0 Å². The number of carbonyl (C=O) groups is 1. The molecule has 2 atom stereocenters. The summed E-state index contributed by atoms with van der Waals surface area (Å²) in [6.07, 6.45) is 6.01. The molecule has 2 heterocycles. The lowest BCUT2D eigenvalue weighted by Crippen LogP contribution is -2.46. The molecule has 0 aromatic heterocycles. The van der Waals surface area contributed by atoms with Gasteiger partial charge >= 0.3 is 5.97 Å². The number of hydrogen-bond acceptors (Lipinski definition) is 4. The number of piperidine rings is 2. The first kappa shape index (κ1) is 15.8. The predicted octanol–water partition coefficient (Wildman–Crippen LogP) is 2.09. The highest BCUT2D eigenvalue weighted by molar-refractivity contribution is 5.76. The van der Waals surface area contributed by atoms with Crippen LogP contribution < -0.4 is 10.6 Å². The smallest absolute Gasteiger partial charge is 0.323 e. The van der Waals surface area contributed by atoms with E-state index in [1.54, 1.807) is 0 Å². The molecule has 0 aliphatic carbocycles. The Hall–Kier alpha value is -0.610. The lowest BCUT2D eigenvalue weighted by Gasteiger charge is -2.34. The number of carbonyl (C=O) groups excluding carboxylic acids is 1. The fraction of sp³-hybridized carbons (Fsp3) is 0.938. The minimum atomic E-state index is -0.388. The fourth-order valence-electron chi connectivity index (χ4n) is 3.35. The summed E-state index contributed by atoms with van der Waals surface area (Å²) in [5.41, 5.74) is -0.388. The van der Waals surface area contributed by atoms with Crippen molar-refractivity contribution in [2.75, 3.05) is 19.6 Å². The molecule has 0 aromatic carbocycles. The minimum Gasteiger partial charge on any atom is -0.459 e. The Kier molecular flexibility index (Phi) is 5.44. The number of esters is 1. The molecule has 2 aliphatic rings. The van der Waals surface area contributed by atoms with Crippen molar-refractivity contribution in [1.29, 1.82) is 0 Å². The van der Waals surface area contributed by atoms with Gasteiger partial charge in [0.05, 0.1) is 0 Å². The van der Waals surface area contributed by atoms with Crippen LogP contribution in [-0.2, 0) is 9.53 Å². The molecule has 4 nitrogen and oxygen atoms in total. The molecule has 2 saturated heterocycles. The second kappa shape index (κ2) is 6.90. The van der Waals surface area contributed by atoms with Gasteiger partial charge in [-0.15, -0.1) is 0 Å². The van der Waals surface area contributed by atoms with E-state index in [2.05, 4.69) is 10.6 Å². The van der Waals surface area contributed by atoms with E-state index in [-0.39, 0.29) is 17.6 Å². The predicted molar refractivity (Wildman–Crippen MR) is 80.6 cm³/mol.